The summed E-state index contributed by atoms with van der Waals surface area (Å²) in [5, 5.41) is 22.0. The van der Waals surface area contributed by atoms with Crippen LogP contribution in [0.25, 0.3) is 66.7 Å². The highest BCUT2D eigenvalue weighted by Crippen LogP contribution is 2.49. The summed E-state index contributed by atoms with van der Waals surface area (Å²) < 4.78 is 80.5. The number of nitriles is 1. The molecule has 16 aromatic rings. The number of ether oxygens (including phenoxy) is 4. The molecular formula is C95H94BrCl3F3N21O6. The van der Waals surface area contributed by atoms with E-state index >= 15 is 13.2 Å². The van der Waals surface area contributed by atoms with Crippen LogP contribution >= 0.6 is 50.7 Å². The first-order valence-corrected chi connectivity index (χ1v) is 43.0. The van der Waals surface area contributed by atoms with Crippen molar-refractivity contribution in [2.75, 3.05) is 30.0 Å². The van der Waals surface area contributed by atoms with Gasteiger partial charge in [-0.15, -0.1) is 0 Å². The van der Waals surface area contributed by atoms with Crippen molar-refractivity contribution in [2.45, 2.75) is 153 Å². The van der Waals surface area contributed by atoms with Crippen molar-refractivity contribution in [3.8, 4) is 68.1 Å². The van der Waals surface area contributed by atoms with Crippen molar-refractivity contribution in [1.82, 2.24) is 72.2 Å². The smallest absolute Gasteiger partial charge is 0.262 e. The summed E-state index contributed by atoms with van der Waals surface area (Å²) in [6.07, 6.45) is 16.1. The number of rotatable bonds is 20. The molecule has 0 radical (unpaired) electrons. The number of aryl methyl sites for hydroxylation is 4. The summed E-state index contributed by atoms with van der Waals surface area (Å²) in [4.78, 5) is 57.1. The molecule has 0 saturated heterocycles. The van der Waals surface area contributed by atoms with Gasteiger partial charge in [0.1, 0.15) is 98.0 Å². The van der Waals surface area contributed by atoms with E-state index in [1.807, 2.05) is 176 Å². The van der Waals surface area contributed by atoms with Crippen LogP contribution in [0.5, 0.6) is 23.0 Å². The van der Waals surface area contributed by atoms with Crippen molar-refractivity contribution >= 4 is 107 Å². The minimum absolute atomic E-state index is 0.0114. The Morgan fingerprint density at radius 3 is 1.35 bits per heavy atom. The molecule has 664 valence electrons. The molecule has 16 rings (SSSR count). The third kappa shape index (κ3) is 18.6. The molecule has 0 saturated carbocycles. The lowest BCUT2D eigenvalue weighted by atomic mass is 9.93. The molecule has 27 nitrogen and oxygen atoms in total. The molecule has 129 heavy (non-hydrogen) atoms. The number of oxime groups is 1. The predicted molar refractivity (Wildman–Crippen MR) is 503 cm³/mol. The Morgan fingerprint density at radius 2 is 0.961 bits per heavy atom. The number of anilines is 4. The monoisotopic (exact) mass is 1870 g/mol. The molecule has 0 aliphatic carbocycles. The zero-order valence-corrected chi connectivity index (χ0v) is 77.5. The van der Waals surface area contributed by atoms with Gasteiger partial charge in [0.2, 0.25) is 0 Å². The Labute approximate surface area is 765 Å². The van der Waals surface area contributed by atoms with Crippen molar-refractivity contribution in [2.24, 2.45) is 5.16 Å². The second-order valence-corrected chi connectivity index (χ2v) is 33.6. The van der Waals surface area contributed by atoms with E-state index in [1.54, 1.807) is 117 Å². The summed E-state index contributed by atoms with van der Waals surface area (Å²) in [6.45, 7) is 30.1. The minimum Gasteiger partial charge on any atom is -0.496 e. The lowest BCUT2D eigenvalue weighted by Gasteiger charge is -2.23. The number of fused-ring (bicyclic) bond motifs is 4. The lowest BCUT2D eigenvalue weighted by molar-refractivity contribution is 0.239. The number of aromatic nitrogens is 15. The van der Waals surface area contributed by atoms with Crippen LogP contribution in [0, 0.1) is 63.4 Å². The molecule has 2 unspecified atom stereocenters. The van der Waals surface area contributed by atoms with Crippen LogP contribution in [-0.2, 0) is 0 Å². The van der Waals surface area contributed by atoms with Gasteiger partial charge in [0.15, 0.2) is 17.5 Å². The summed E-state index contributed by atoms with van der Waals surface area (Å²) in [7, 11) is 1.57. The van der Waals surface area contributed by atoms with E-state index < -0.39 is 17.5 Å². The third-order valence-corrected chi connectivity index (χ3v) is 23.2. The molecule has 4 atom stereocenters. The van der Waals surface area contributed by atoms with Crippen molar-refractivity contribution < 1.29 is 37.3 Å². The standard InChI is InChI=1S/C25H26ClFN6O2.C25H23ClFN5O.C24H25ClFN5O.C21H20BrN5O2/c1-12(2)35-23-17(13(3)25-31-15(5)22-24(28)29-8-9-33(22)25)10-18(26)21(27)20(23)16-6-7-19(30-11-16)14(4)32-34;1-13(2)33-23-18(14(3)25-31-15(4)22-24(29)30-9-10-32(22)25)11-19(26)21(27)20(23)17-7-5-16(12-28)6-8-17;1-12(2)32-22-17(10-18(25)20(26)19(22)16-7-6-13(3)29-11-16)14(4)24-30-15(5)21-23(27)28-8-9-31(21)24;1-12-17(29-3)9-16(27(21(12)28)14-7-5-4-6-8-14)13(2)26-10-15(22)18-19(23)24-11-25-20(18)26/h6-13,34H,1-5H3,(H2,28,29);5-11,13-14H,1-4H3,(H2,29,30);6-12,14H,1-5H3,(H2,27,28);4-11,13H,1-3H3,(H2,23,24,25)/t13-;;14-;/m0.0./s1. The highest BCUT2D eigenvalue weighted by molar-refractivity contribution is 9.10. The summed E-state index contributed by atoms with van der Waals surface area (Å²) in [5.41, 5.74) is 38.0. The quantitative estimate of drug-likeness (QED) is 0.0269. The number of para-hydroxylation sites is 1. The largest absolute Gasteiger partial charge is 0.496 e. The molecule has 0 fully saturated rings. The summed E-state index contributed by atoms with van der Waals surface area (Å²) in [6, 6.07) is 31.7. The van der Waals surface area contributed by atoms with Gasteiger partial charge in [0.05, 0.1) is 114 Å². The fourth-order valence-corrected chi connectivity index (χ4v) is 16.8. The fourth-order valence-electron chi connectivity index (χ4n) is 15.5. The Balaban J connectivity index is 0.000000147. The van der Waals surface area contributed by atoms with Crippen LogP contribution in [0.3, 0.4) is 0 Å². The Hall–Kier alpha value is -13.7. The van der Waals surface area contributed by atoms with Crippen LogP contribution in [0.4, 0.5) is 36.4 Å². The van der Waals surface area contributed by atoms with Gasteiger partial charge in [-0.25, -0.2) is 53.0 Å². The maximum atomic E-state index is 15.5. The second-order valence-electron chi connectivity index (χ2n) is 31.6. The number of halogens is 7. The van der Waals surface area contributed by atoms with Crippen LogP contribution in [0.1, 0.15) is 179 Å². The van der Waals surface area contributed by atoms with E-state index in [0.717, 1.165) is 72.0 Å². The number of hydrogen-bond donors (Lipinski definition) is 5. The van der Waals surface area contributed by atoms with Crippen molar-refractivity contribution in [3.05, 3.63) is 292 Å². The molecular weight excluding hydrogens is 1770 g/mol. The van der Waals surface area contributed by atoms with Gasteiger partial charge in [-0.2, -0.15) is 5.26 Å². The molecule has 34 heteroatoms. The van der Waals surface area contributed by atoms with Crippen LogP contribution in [0.2, 0.25) is 15.1 Å². The number of nitrogen functional groups attached to an aromatic ring is 4. The first-order chi connectivity index (χ1) is 61.5. The number of pyridine rings is 3. The minimum atomic E-state index is -0.613. The molecule has 11 heterocycles. The van der Waals surface area contributed by atoms with Crippen LogP contribution in [0.15, 0.2) is 180 Å². The number of nitrogens with two attached hydrogens (primary N) is 4. The molecule has 9 N–H and O–H groups in total. The van der Waals surface area contributed by atoms with E-state index in [4.69, 9.17) is 102 Å². The molecule has 0 spiro atoms. The fraction of sp³-hybridized carbons (Fsp3) is 0.253. The van der Waals surface area contributed by atoms with Crippen LogP contribution < -0.4 is 47.4 Å². The van der Waals surface area contributed by atoms with E-state index in [9.17, 15) is 4.79 Å². The number of nitrogens with zero attached hydrogens (tertiary/aromatic N) is 17. The van der Waals surface area contributed by atoms with Gasteiger partial charge in [-0.3, -0.25) is 32.5 Å². The topological polar surface area (TPSA) is 366 Å². The zero-order chi connectivity index (χ0) is 93.2. The van der Waals surface area contributed by atoms with Gasteiger partial charge in [0.25, 0.3) is 5.56 Å². The Bertz CT molecular complexity index is 7060. The van der Waals surface area contributed by atoms with Gasteiger partial charge >= 0.3 is 0 Å². The number of benzene rings is 5. The Morgan fingerprint density at radius 1 is 0.543 bits per heavy atom. The van der Waals surface area contributed by atoms with E-state index in [-0.39, 0.29) is 73.9 Å². The first kappa shape index (κ1) is 93.0. The van der Waals surface area contributed by atoms with Crippen molar-refractivity contribution in [3.63, 3.8) is 0 Å². The van der Waals surface area contributed by atoms with Crippen molar-refractivity contribution in [1.29, 1.82) is 5.26 Å². The third-order valence-electron chi connectivity index (χ3n) is 21.8. The molecule has 5 aromatic carbocycles. The van der Waals surface area contributed by atoms with Crippen LogP contribution in [-0.4, -0.2) is 109 Å². The average Bonchev–Trinajstić information content (AvgIpc) is 1.66. The second kappa shape index (κ2) is 38.9. The van der Waals surface area contributed by atoms with Gasteiger partial charge < -0.3 is 51.7 Å². The van der Waals surface area contributed by atoms with Gasteiger partial charge in [0, 0.05) is 123 Å². The van der Waals surface area contributed by atoms with Gasteiger partial charge in [-0.05, 0) is 166 Å². The predicted octanol–water partition coefficient (Wildman–Crippen LogP) is 21.1. The average molecular weight is 1870 g/mol. The molecule has 0 aliphatic rings. The normalized spacial score (nSPS) is 12.5. The molecule has 0 amide bonds. The van der Waals surface area contributed by atoms with E-state index in [1.165, 1.54) is 12.5 Å². The van der Waals surface area contributed by atoms with Gasteiger partial charge in [-0.1, -0.05) is 103 Å². The van der Waals surface area contributed by atoms with E-state index in [2.05, 4.69) is 62.0 Å². The zero-order valence-electron chi connectivity index (χ0n) is 73.7. The molecule has 0 bridgehead atoms. The summed E-state index contributed by atoms with van der Waals surface area (Å²) in [5.74, 6) is 2.76. The number of hydrogen-bond acceptors (Lipinski definition) is 22. The highest BCUT2D eigenvalue weighted by atomic mass is 79.9. The molecule has 0 aliphatic heterocycles. The summed E-state index contributed by atoms with van der Waals surface area (Å²) >= 11 is 22.7. The SMILES string of the molecule is CC(=NO)c1ccc(-c2c(F)c(Cl)cc([C@H](C)c3nc(C)c4c(N)nccn34)c2OC(C)C)cn1.COc1cc(C(C)n2cc(Br)c3c(N)ncnc32)n(-c2ccccc2)c(=O)c1C.Cc1ccc(-c2c(F)c(Cl)cc([C@H](C)c3nc(C)c4c(N)nccn34)c2OC(C)C)cn1.Cc1nc(C(C)c2cc(Cl)c(F)c(-c3ccc(C#N)cc3)c2OC(C)C)n2ccnc(N)c12. The number of imidazole rings is 3. The maximum absolute atomic E-state index is 15.5. The Kier molecular flexibility index (Phi) is 28.0. The molecule has 11 aromatic heterocycles. The first-order valence-electron chi connectivity index (χ1n) is 41.0. The van der Waals surface area contributed by atoms with E-state index in [0.29, 0.717) is 119 Å². The number of methoxy groups -OCH3 is 1. The maximum Gasteiger partial charge on any atom is 0.262 e. The highest BCUT2D eigenvalue weighted by Gasteiger charge is 2.33. The lowest BCUT2D eigenvalue weighted by Crippen LogP contribution is -2.27.